The third kappa shape index (κ3) is 10.2. The smallest absolute Gasteiger partial charge is 0.410 e. The van der Waals surface area contributed by atoms with Gasteiger partial charge in [0.05, 0.1) is 19.8 Å². The lowest BCUT2D eigenvalue weighted by atomic mass is 9.94. The highest BCUT2D eigenvalue weighted by atomic mass is 16.6. The zero-order valence-corrected chi connectivity index (χ0v) is 29.5. The number of likely N-dealkylation sites (N-methyl/N-ethyl adjacent to an activating group) is 1. The van der Waals surface area contributed by atoms with Crippen LogP contribution >= 0.6 is 0 Å². The highest BCUT2D eigenvalue weighted by Crippen LogP contribution is 2.34. The van der Waals surface area contributed by atoms with E-state index in [1.807, 2.05) is 68.3 Å². The molecule has 0 saturated carbocycles. The van der Waals surface area contributed by atoms with E-state index in [1.54, 1.807) is 45.2 Å². The van der Waals surface area contributed by atoms with Crippen LogP contribution < -0.4 is 10.6 Å². The molecule has 0 atom stereocenters. The second-order valence-electron chi connectivity index (χ2n) is 13.1. The van der Waals surface area contributed by atoms with Crippen molar-refractivity contribution < 1.29 is 29.3 Å². The molecule has 0 aliphatic rings. The zero-order chi connectivity index (χ0) is 36.4. The summed E-state index contributed by atoms with van der Waals surface area (Å²) in [5.74, 6) is -0.727. The van der Waals surface area contributed by atoms with Crippen molar-refractivity contribution in [3.05, 3.63) is 107 Å². The molecule has 12 nitrogen and oxygen atoms in total. The van der Waals surface area contributed by atoms with E-state index in [9.17, 15) is 19.5 Å². The average Bonchev–Trinajstić information content (AvgIpc) is 3.06. The van der Waals surface area contributed by atoms with Crippen LogP contribution in [0.1, 0.15) is 64.0 Å². The van der Waals surface area contributed by atoms with Crippen molar-refractivity contribution in [2.24, 2.45) is 0 Å². The summed E-state index contributed by atoms with van der Waals surface area (Å²) in [7, 11) is 1.90. The van der Waals surface area contributed by atoms with Crippen molar-refractivity contribution in [1.29, 1.82) is 0 Å². The molecule has 0 unspecified atom stereocenters. The number of nitrogens with zero attached hydrogens (tertiary/aromatic N) is 4. The molecule has 0 bridgehead atoms. The van der Waals surface area contributed by atoms with Crippen molar-refractivity contribution in [2.75, 3.05) is 44.0 Å². The highest BCUT2D eigenvalue weighted by Gasteiger charge is 2.22. The first-order valence-electron chi connectivity index (χ1n) is 16.4. The Labute approximate surface area is 293 Å². The molecule has 2 aromatic heterocycles. The molecular weight excluding hydrogens is 636 g/mol. The standard InChI is InChI=1S/C38H46N6O6/c1-25-29(9-7-11-31(25)41-35(47)33-15-13-27(21-39-33)23-43(6)17-19-45)30-10-8-12-32(26(30)2)42-36(48)34-16-14-28(22-40-34)24-44(18-20-46)37(49)50-38(3,4)5/h7-16,21-22,45-46H,17-20,23-24H2,1-6H3,(H,41,47)(H,42,48). The molecule has 0 radical (unpaired) electrons. The van der Waals surface area contributed by atoms with Gasteiger partial charge in [-0.05, 0) is 99.3 Å². The van der Waals surface area contributed by atoms with E-state index >= 15 is 0 Å². The van der Waals surface area contributed by atoms with E-state index in [1.165, 1.54) is 11.1 Å². The molecule has 2 aromatic carbocycles. The molecule has 4 rings (SSSR count). The number of carbonyl (C=O) groups is 3. The Morgan fingerprint density at radius 2 is 1.20 bits per heavy atom. The van der Waals surface area contributed by atoms with Crippen molar-refractivity contribution in [3.63, 3.8) is 0 Å². The lowest BCUT2D eigenvalue weighted by Gasteiger charge is -2.27. The summed E-state index contributed by atoms with van der Waals surface area (Å²) in [6, 6.07) is 18.1. The second kappa shape index (κ2) is 17.0. The van der Waals surface area contributed by atoms with Crippen LogP contribution in [0.25, 0.3) is 11.1 Å². The normalized spacial score (nSPS) is 11.3. The van der Waals surface area contributed by atoms with Crippen LogP contribution in [-0.4, -0.2) is 86.8 Å². The summed E-state index contributed by atoms with van der Waals surface area (Å²) in [5, 5.41) is 24.5. The van der Waals surface area contributed by atoms with Gasteiger partial charge in [0.1, 0.15) is 17.0 Å². The molecule has 0 spiro atoms. The van der Waals surface area contributed by atoms with Crippen LogP contribution in [0.5, 0.6) is 0 Å². The molecule has 3 amide bonds. The Balaban J connectivity index is 1.45. The number of aliphatic hydroxyl groups is 2. The topological polar surface area (TPSA) is 157 Å². The SMILES string of the molecule is Cc1c(NC(=O)c2ccc(CN(C)CCO)cn2)cccc1-c1cccc(NC(=O)c2ccc(CN(CCO)C(=O)OC(C)(C)C)cn2)c1C. The number of ether oxygens (including phenoxy) is 1. The number of aliphatic hydroxyl groups excluding tert-OH is 2. The van der Waals surface area contributed by atoms with Gasteiger partial charge in [-0.1, -0.05) is 36.4 Å². The summed E-state index contributed by atoms with van der Waals surface area (Å²) < 4.78 is 5.44. The number of hydrogen-bond donors (Lipinski definition) is 4. The summed E-state index contributed by atoms with van der Waals surface area (Å²) >= 11 is 0. The Morgan fingerprint density at radius 3 is 1.62 bits per heavy atom. The number of nitrogens with one attached hydrogen (secondary N) is 2. The van der Waals surface area contributed by atoms with Gasteiger partial charge >= 0.3 is 6.09 Å². The first kappa shape index (κ1) is 37.6. The molecular formula is C38H46N6O6. The molecule has 4 aromatic rings. The van der Waals surface area contributed by atoms with Gasteiger partial charge in [0.25, 0.3) is 11.8 Å². The van der Waals surface area contributed by atoms with Gasteiger partial charge in [0, 0.05) is 43.4 Å². The van der Waals surface area contributed by atoms with Crippen LogP contribution in [0.4, 0.5) is 16.2 Å². The maximum absolute atomic E-state index is 13.2. The van der Waals surface area contributed by atoms with Gasteiger partial charge in [0.15, 0.2) is 0 Å². The largest absolute Gasteiger partial charge is 0.444 e. The third-order valence-electron chi connectivity index (χ3n) is 7.90. The third-order valence-corrected chi connectivity index (χ3v) is 7.90. The van der Waals surface area contributed by atoms with Gasteiger partial charge in [-0.2, -0.15) is 0 Å². The predicted molar refractivity (Wildman–Crippen MR) is 193 cm³/mol. The van der Waals surface area contributed by atoms with Gasteiger partial charge < -0.3 is 30.5 Å². The molecule has 264 valence electrons. The van der Waals surface area contributed by atoms with Crippen molar-refractivity contribution in [1.82, 2.24) is 19.8 Å². The Morgan fingerprint density at radius 1 is 0.720 bits per heavy atom. The van der Waals surface area contributed by atoms with Gasteiger partial charge in [-0.15, -0.1) is 0 Å². The second-order valence-corrected chi connectivity index (χ2v) is 13.1. The lowest BCUT2D eigenvalue weighted by molar-refractivity contribution is 0.0201. The van der Waals surface area contributed by atoms with Crippen LogP contribution in [0.15, 0.2) is 73.1 Å². The minimum absolute atomic E-state index is 0.0705. The number of benzene rings is 2. The van der Waals surface area contributed by atoms with Crippen molar-refractivity contribution >= 4 is 29.3 Å². The minimum Gasteiger partial charge on any atom is -0.444 e. The Kier molecular flexibility index (Phi) is 12.8. The minimum atomic E-state index is -0.678. The molecule has 0 aliphatic carbocycles. The molecule has 4 N–H and O–H groups in total. The van der Waals surface area contributed by atoms with Gasteiger partial charge in [-0.25, -0.2) is 4.79 Å². The Hall–Kier alpha value is -5.17. The number of pyridine rings is 2. The monoisotopic (exact) mass is 682 g/mol. The summed E-state index contributed by atoms with van der Waals surface area (Å²) in [6.07, 6.45) is 2.64. The van der Waals surface area contributed by atoms with Gasteiger partial charge in [-0.3, -0.25) is 24.5 Å². The molecule has 2 heterocycles. The quantitative estimate of drug-likeness (QED) is 0.145. The van der Waals surface area contributed by atoms with Crippen LogP contribution in [0.3, 0.4) is 0 Å². The molecule has 0 aliphatic heterocycles. The number of hydrogen-bond acceptors (Lipinski definition) is 9. The maximum atomic E-state index is 13.2. The van der Waals surface area contributed by atoms with Crippen LogP contribution in [-0.2, 0) is 17.8 Å². The predicted octanol–water partition coefficient (Wildman–Crippen LogP) is 5.42. The fourth-order valence-corrected chi connectivity index (χ4v) is 5.27. The molecule has 12 heteroatoms. The fourth-order valence-electron chi connectivity index (χ4n) is 5.27. The molecule has 0 fully saturated rings. The molecule has 50 heavy (non-hydrogen) atoms. The summed E-state index contributed by atoms with van der Waals surface area (Å²) in [6.45, 7) is 10.4. The fraction of sp³-hybridized carbons (Fsp3) is 0.342. The number of carbonyl (C=O) groups excluding carboxylic acids is 3. The van der Waals surface area contributed by atoms with Gasteiger partial charge in [0.2, 0.25) is 0 Å². The lowest BCUT2D eigenvalue weighted by Crippen LogP contribution is -2.38. The summed E-state index contributed by atoms with van der Waals surface area (Å²) in [4.78, 5) is 50.9. The van der Waals surface area contributed by atoms with Crippen LogP contribution in [0, 0.1) is 13.8 Å². The highest BCUT2D eigenvalue weighted by molar-refractivity contribution is 6.05. The van der Waals surface area contributed by atoms with E-state index in [0.717, 1.165) is 27.8 Å². The van der Waals surface area contributed by atoms with E-state index in [4.69, 9.17) is 9.84 Å². The van der Waals surface area contributed by atoms with Crippen molar-refractivity contribution in [3.8, 4) is 11.1 Å². The first-order chi connectivity index (χ1) is 23.8. The van der Waals surface area contributed by atoms with Crippen molar-refractivity contribution in [2.45, 2.75) is 53.3 Å². The number of anilines is 2. The maximum Gasteiger partial charge on any atom is 0.410 e. The van der Waals surface area contributed by atoms with E-state index in [-0.39, 0.29) is 43.6 Å². The zero-order valence-electron chi connectivity index (χ0n) is 29.5. The average molecular weight is 683 g/mol. The summed E-state index contributed by atoms with van der Waals surface area (Å²) in [5.41, 5.74) is 6.15. The van der Waals surface area contributed by atoms with E-state index < -0.39 is 17.6 Å². The number of aromatic nitrogens is 2. The van der Waals surface area contributed by atoms with Crippen LogP contribution in [0.2, 0.25) is 0 Å². The van der Waals surface area contributed by atoms with E-state index in [0.29, 0.717) is 30.0 Å². The Bertz CT molecular complexity index is 1790. The number of rotatable bonds is 13. The van der Waals surface area contributed by atoms with E-state index in [2.05, 4.69) is 20.6 Å². The number of amides is 3. The first-order valence-corrected chi connectivity index (χ1v) is 16.4. The molecule has 0 saturated heterocycles.